The highest BCUT2D eigenvalue weighted by Gasteiger charge is 2.46. The normalized spacial score (nSPS) is 19.4. The van der Waals surface area contributed by atoms with Crippen molar-refractivity contribution in [3.63, 3.8) is 0 Å². The van der Waals surface area contributed by atoms with Crippen molar-refractivity contribution in [3.8, 4) is 6.07 Å². The van der Waals surface area contributed by atoms with Gasteiger partial charge < -0.3 is 4.90 Å². The van der Waals surface area contributed by atoms with Crippen LogP contribution in [0.3, 0.4) is 0 Å². The second kappa shape index (κ2) is 6.37. The van der Waals surface area contributed by atoms with Crippen LogP contribution in [0.5, 0.6) is 0 Å². The first-order valence-corrected chi connectivity index (χ1v) is 6.99. The summed E-state index contributed by atoms with van der Waals surface area (Å²) in [5.41, 5.74) is -0.320. The molecule has 0 aliphatic heterocycles. The monoisotopic (exact) mass is 237 g/mol. The molecular weight excluding hydrogens is 210 g/mol. The number of rotatable bonds is 8. The number of likely N-dealkylation sites (N-methyl/N-ethyl adjacent to an activating group) is 1. The Morgan fingerprint density at radius 2 is 2.06 bits per heavy atom. The molecule has 17 heavy (non-hydrogen) atoms. The van der Waals surface area contributed by atoms with Crippen molar-refractivity contribution >= 4 is 0 Å². The zero-order valence-corrected chi connectivity index (χ0v) is 11.8. The van der Waals surface area contributed by atoms with Gasteiger partial charge in [-0.3, -0.25) is 5.32 Å². The van der Waals surface area contributed by atoms with E-state index < -0.39 is 0 Å². The Morgan fingerprint density at radius 3 is 2.41 bits per heavy atom. The van der Waals surface area contributed by atoms with E-state index in [2.05, 4.69) is 44.0 Å². The maximum Gasteiger partial charge on any atom is 0.122 e. The molecule has 0 amide bonds. The molecule has 0 heterocycles. The molecule has 1 unspecified atom stereocenters. The molecule has 1 N–H and O–H groups in total. The quantitative estimate of drug-likeness (QED) is 0.704. The van der Waals surface area contributed by atoms with Gasteiger partial charge >= 0.3 is 0 Å². The zero-order chi connectivity index (χ0) is 12.9. The Morgan fingerprint density at radius 1 is 1.41 bits per heavy atom. The van der Waals surface area contributed by atoms with Gasteiger partial charge in [-0.25, -0.2) is 0 Å². The maximum atomic E-state index is 9.61. The fourth-order valence-corrected chi connectivity index (χ4v) is 2.56. The summed E-state index contributed by atoms with van der Waals surface area (Å²) >= 11 is 0. The van der Waals surface area contributed by atoms with E-state index in [1.807, 2.05) is 0 Å². The number of hydrogen-bond donors (Lipinski definition) is 1. The van der Waals surface area contributed by atoms with Gasteiger partial charge in [-0.15, -0.1) is 0 Å². The van der Waals surface area contributed by atoms with Gasteiger partial charge in [0.15, 0.2) is 0 Å². The summed E-state index contributed by atoms with van der Waals surface area (Å²) in [5.74, 6) is 0.556. The third kappa shape index (κ3) is 3.97. The number of nitrogens with one attached hydrogen (secondary N) is 1. The van der Waals surface area contributed by atoms with E-state index >= 15 is 0 Å². The van der Waals surface area contributed by atoms with Gasteiger partial charge in [-0.2, -0.15) is 5.26 Å². The van der Waals surface area contributed by atoms with Gasteiger partial charge in [0.25, 0.3) is 0 Å². The lowest BCUT2D eigenvalue weighted by Crippen LogP contribution is -2.56. The SMILES string of the molecule is CCCN(CC)CC(C#N)(NC(C)C)C1CC1. The molecular formula is C14H27N3. The molecule has 1 atom stereocenters. The van der Waals surface area contributed by atoms with E-state index in [9.17, 15) is 5.26 Å². The highest BCUT2D eigenvalue weighted by Crippen LogP contribution is 2.40. The molecule has 1 saturated carbocycles. The first-order chi connectivity index (χ1) is 8.07. The predicted octanol–water partition coefficient (Wildman–Crippen LogP) is 2.39. The fourth-order valence-electron chi connectivity index (χ4n) is 2.56. The standard InChI is InChI=1S/C14H27N3/c1-5-9-17(6-2)11-14(10-15,13-7-8-13)16-12(3)4/h12-13,16H,5-9,11H2,1-4H3. The van der Waals surface area contributed by atoms with Crippen molar-refractivity contribution < 1.29 is 0 Å². The summed E-state index contributed by atoms with van der Waals surface area (Å²) in [6, 6.07) is 2.95. The summed E-state index contributed by atoms with van der Waals surface area (Å²) < 4.78 is 0. The fraction of sp³-hybridized carbons (Fsp3) is 0.929. The van der Waals surface area contributed by atoms with Crippen LogP contribution < -0.4 is 5.32 Å². The molecule has 0 bridgehead atoms. The third-order valence-electron chi connectivity index (χ3n) is 3.48. The highest BCUT2D eigenvalue weighted by molar-refractivity contribution is 5.17. The van der Waals surface area contributed by atoms with Crippen molar-refractivity contribution in [2.24, 2.45) is 5.92 Å². The van der Waals surface area contributed by atoms with Crippen LogP contribution in [0.2, 0.25) is 0 Å². The van der Waals surface area contributed by atoms with Gasteiger partial charge in [0, 0.05) is 12.6 Å². The Hall–Kier alpha value is -0.590. The average Bonchev–Trinajstić information content (AvgIpc) is 3.10. The van der Waals surface area contributed by atoms with Gasteiger partial charge in [0.05, 0.1) is 6.07 Å². The van der Waals surface area contributed by atoms with E-state index in [1.54, 1.807) is 0 Å². The van der Waals surface area contributed by atoms with Crippen LogP contribution in [-0.4, -0.2) is 36.1 Å². The van der Waals surface area contributed by atoms with Gasteiger partial charge in [-0.1, -0.05) is 13.8 Å². The molecule has 0 radical (unpaired) electrons. The van der Waals surface area contributed by atoms with Gasteiger partial charge in [-0.05, 0) is 52.1 Å². The Bertz CT molecular complexity index is 265. The summed E-state index contributed by atoms with van der Waals surface area (Å²) in [7, 11) is 0. The predicted molar refractivity (Wildman–Crippen MR) is 71.7 cm³/mol. The topological polar surface area (TPSA) is 39.1 Å². The van der Waals surface area contributed by atoms with Crippen molar-refractivity contribution in [1.82, 2.24) is 10.2 Å². The van der Waals surface area contributed by atoms with Gasteiger partial charge in [0.1, 0.15) is 5.54 Å². The lowest BCUT2D eigenvalue weighted by Gasteiger charge is -2.35. The maximum absolute atomic E-state index is 9.61. The second-order valence-corrected chi connectivity index (χ2v) is 5.53. The second-order valence-electron chi connectivity index (χ2n) is 5.53. The summed E-state index contributed by atoms with van der Waals surface area (Å²) in [6.45, 7) is 11.6. The molecule has 1 rings (SSSR count). The zero-order valence-electron chi connectivity index (χ0n) is 11.8. The van der Waals surface area contributed by atoms with Crippen LogP contribution in [-0.2, 0) is 0 Å². The average molecular weight is 237 g/mol. The number of nitriles is 1. The molecule has 3 nitrogen and oxygen atoms in total. The summed E-state index contributed by atoms with van der Waals surface area (Å²) in [5, 5.41) is 13.1. The van der Waals surface area contributed by atoms with Crippen molar-refractivity contribution in [3.05, 3.63) is 0 Å². The molecule has 1 fully saturated rings. The summed E-state index contributed by atoms with van der Waals surface area (Å²) in [6.07, 6.45) is 3.57. The van der Waals surface area contributed by atoms with E-state index in [0.717, 1.165) is 26.1 Å². The van der Waals surface area contributed by atoms with Crippen LogP contribution in [0.15, 0.2) is 0 Å². The molecule has 0 spiro atoms. The van der Waals surface area contributed by atoms with Crippen LogP contribution >= 0.6 is 0 Å². The Balaban J connectivity index is 2.71. The van der Waals surface area contributed by atoms with Crippen LogP contribution in [0.1, 0.15) is 47.0 Å². The number of nitrogens with zero attached hydrogens (tertiary/aromatic N) is 2. The lowest BCUT2D eigenvalue weighted by atomic mass is 9.93. The first kappa shape index (κ1) is 14.5. The molecule has 0 aromatic rings. The minimum Gasteiger partial charge on any atom is -0.301 e. The van der Waals surface area contributed by atoms with Crippen LogP contribution in [0.25, 0.3) is 0 Å². The van der Waals surface area contributed by atoms with E-state index in [0.29, 0.717) is 12.0 Å². The van der Waals surface area contributed by atoms with Crippen molar-refractivity contribution in [2.75, 3.05) is 19.6 Å². The molecule has 1 aliphatic rings. The number of hydrogen-bond acceptors (Lipinski definition) is 3. The van der Waals surface area contributed by atoms with Crippen molar-refractivity contribution in [1.29, 1.82) is 5.26 Å². The minimum absolute atomic E-state index is 0.320. The van der Waals surface area contributed by atoms with Gasteiger partial charge in [0.2, 0.25) is 0 Å². The van der Waals surface area contributed by atoms with Crippen molar-refractivity contribution in [2.45, 2.75) is 58.5 Å². The third-order valence-corrected chi connectivity index (χ3v) is 3.48. The molecule has 0 aromatic heterocycles. The molecule has 0 saturated heterocycles. The van der Waals surface area contributed by atoms with Crippen LogP contribution in [0.4, 0.5) is 0 Å². The summed E-state index contributed by atoms with van der Waals surface area (Å²) in [4.78, 5) is 2.40. The highest BCUT2D eigenvalue weighted by atomic mass is 15.2. The van der Waals surface area contributed by atoms with E-state index in [4.69, 9.17) is 0 Å². The smallest absolute Gasteiger partial charge is 0.122 e. The molecule has 0 aromatic carbocycles. The Kier molecular flexibility index (Phi) is 5.42. The lowest BCUT2D eigenvalue weighted by molar-refractivity contribution is 0.195. The molecule has 1 aliphatic carbocycles. The van der Waals surface area contributed by atoms with E-state index in [-0.39, 0.29) is 5.54 Å². The molecule has 98 valence electrons. The van der Waals surface area contributed by atoms with E-state index in [1.165, 1.54) is 12.8 Å². The Labute approximate surface area is 106 Å². The molecule has 3 heteroatoms. The minimum atomic E-state index is -0.320. The largest absolute Gasteiger partial charge is 0.301 e. The first-order valence-electron chi connectivity index (χ1n) is 6.99. The van der Waals surface area contributed by atoms with Crippen LogP contribution in [0, 0.1) is 17.2 Å².